The predicted octanol–water partition coefficient (Wildman–Crippen LogP) is 0.203. The fourth-order valence-corrected chi connectivity index (χ4v) is 0.781. The standard InChI is InChI=1S/C6H9FO3/c1-9-3-4-2-5(7)6(8)10-4/h2,4,6,8H,3H2,1H3/t4-,6+/m1/s1. The molecule has 0 unspecified atom stereocenters. The van der Waals surface area contributed by atoms with Gasteiger partial charge >= 0.3 is 0 Å². The van der Waals surface area contributed by atoms with Crippen LogP contribution in [0.3, 0.4) is 0 Å². The molecule has 0 aromatic rings. The molecule has 1 aliphatic rings. The Balaban J connectivity index is 2.40. The molecule has 1 heterocycles. The average Bonchev–Trinajstić information content (AvgIpc) is 2.14. The summed E-state index contributed by atoms with van der Waals surface area (Å²) in [6.45, 7) is 0.268. The molecule has 0 saturated heterocycles. The second-order valence-electron chi connectivity index (χ2n) is 2.03. The van der Waals surface area contributed by atoms with Gasteiger partial charge in [-0.1, -0.05) is 0 Å². The van der Waals surface area contributed by atoms with Crippen molar-refractivity contribution in [3.63, 3.8) is 0 Å². The quantitative estimate of drug-likeness (QED) is 0.608. The zero-order valence-electron chi connectivity index (χ0n) is 5.58. The SMILES string of the molecule is COC[C@H]1C=C(F)[C@@H](O)O1. The van der Waals surface area contributed by atoms with Crippen LogP contribution in [0, 0.1) is 0 Å². The summed E-state index contributed by atoms with van der Waals surface area (Å²) in [4.78, 5) is 0. The molecule has 1 rings (SSSR count). The Bertz CT molecular complexity index is 146. The van der Waals surface area contributed by atoms with Crippen LogP contribution in [0.2, 0.25) is 0 Å². The smallest absolute Gasteiger partial charge is 0.208 e. The van der Waals surface area contributed by atoms with Gasteiger partial charge < -0.3 is 14.6 Å². The zero-order valence-corrected chi connectivity index (χ0v) is 5.58. The molecule has 2 atom stereocenters. The first-order valence-electron chi connectivity index (χ1n) is 2.93. The highest BCUT2D eigenvalue weighted by atomic mass is 19.1. The van der Waals surface area contributed by atoms with E-state index in [2.05, 4.69) is 9.47 Å². The third kappa shape index (κ3) is 1.53. The molecule has 0 amide bonds. The molecule has 4 heteroatoms. The third-order valence-electron chi connectivity index (χ3n) is 1.22. The van der Waals surface area contributed by atoms with Gasteiger partial charge in [0.1, 0.15) is 6.10 Å². The summed E-state index contributed by atoms with van der Waals surface area (Å²) in [6.07, 6.45) is -0.631. The predicted molar refractivity (Wildman–Crippen MR) is 31.9 cm³/mol. The van der Waals surface area contributed by atoms with Crippen LogP contribution in [0.1, 0.15) is 0 Å². The van der Waals surface area contributed by atoms with Crippen LogP contribution in [0.4, 0.5) is 4.39 Å². The van der Waals surface area contributed by atoms with Crippen LogP contribution in [-0.2, 0) is 9.47 Å². The van der Waals surface area contributed by atoms with E-state index >= 15 is 0 Å². The van der Waals surface area contributed by atoms with Gasteiger partial charge in [-0.2, -0.15) is 0 Å². The minimum Gasteiger partial charge on any atom is -0.382 e. The summed E-state index contributed by atoms with van der Waals surface area (Å²) in [7, 11) is 1.49. The number of halogens is 1. The van der Waals surface area contributed by atoms with Gasteiger partial charge in [0.2, 0.25) is 6.29 Å². The second kappa shape index (κ2) is 3.09. The van der Waals surface area contributed by atoms with Gasteiger partial charge in [0, 0.05) is 7.11 Å². The number of ether oxygens (including phenoxy) is 2. The molecular weight excluding hydrogens is 139 g/mol. The van der Waals surface area contributed by atoms with Crippen molar-refractivity contribution in [2.75, 3.05) is 13.7 Å². The molecule has 1 N–H and O–H groups in total. The number of methoxy groups -OCH3 is 1. The molecule has 0 radical (unpaired) electrons. The minimum absolute atomic E-state index is 0.268. The van der Waals surface area contributed by atoms with Gasteiger partial charge in [-0.25, -0.2) is 4.39 Å². The summed E-state index contributed by atoms with van der Waals surface area (Å²) < 4.78 is 21.7. The number of rotatable bonds is 2. The molecule has 10 heavy (non-hydrogen) atoms. The number of hydrogen-bond donors (Lipinski definition) is 1. The summed E-state index contributed by atoms with van der Waals surface area (Å²) in [5.74, 6) is -0.637. The van der Waals surface area contributed by atoms with E-state index in [4.69, 9.17) is 5.11 Å². The minimum atomic E-state index is -1.39. The Hall–Kier alpha value is -0.450. The highest BCUT2D eigenvalue weighted by Gasteiger charge is 2.24. The van der Waals surface area contributed by atoms with E-state index in [1.54, 1.807) is 0 Å². The maximum absolute atomic E-state index is 12.3. The first-order chi connectivity index (χ1) is 4.74. The van der Waals surface area contributed by atoms with Crippen molar-refractivity contribution in [3.05, 3.63) is 11.9 Å². The first-order valence-corrected chi connectivity index (χ1v) is 2.93. The van der Waals surface area contributed by atoms with E-state index < -0.39 is 18.2 Å². The molecule has 0 aromatic heterocycles. The van der Waals surface area contributed by atoms with Gasteiger partial charge in [0.25, 0.3) is 0 Å². The molecule has 0 aliphatic carbocycles. The van der Waals surface area contributed by atoms with E-state index in [0.717, 1.165) is 0 Å². The lowest BCUT2D eigenvalue weighted by molar-refractivity contribution is -0.102. The van der Waals surface area contributed by atoms with Crippen LogP contribution in [0.15, 0.2) is 11.9 Å². The summed E-state index contributed by atoms with van der Waals surface area (Å²) in [5.41, 5.74) is 0. The van der Waals surface area contributed by atoms with Crippen LogP contribution in [0.25, 0.3) is 0 Å². The van der Waals surface area contributed by atoms with Crippen molar-refractivity contribution in [2.24, 2.45) is 0 Å². The van der Waals surface area contributed by atoms with Crippen LogP contribution in [-0.4, -0.2) is 31.2 Å². The lowest BCUT2D eigenvalue weighted by atomic mass is 10.4. The molecule has 3 nitrogen and oxygen atoms in total. The van der Waals surface area contributed by atoms with Crippen molar-refractivity contribution in [1.29, 1.82) is 0 Å². The Morgan fingerprint density at radius 2 is 2.60 bits per heavy atom. The Labute approximate surface area is 58.1 Å². The Kier molecular flexibility index (Phi) is 2.37. The van der Waals surface area contributed by atoms with Gasteiger partial charge in [0.05, 0.1) is 6.61 Å². The van der Waals surface area contributed by atoms with Gasteiger partial charge in [-0.05, 0) is 6.08 Å². The van der Waals surface area contributed by atoms with Crippen LogP contribution < -0.4 is 0 Å². The molecule has 0 bridgehead atoms. The molecule has 0 fully saturated rings. The molecule has 0 spiro atoms. The Morgan fingerprint density at radius 3 is 3.00 bits per heavy atom. The molecule has 1 aliphatic heterocycles. The zero-order chi connectivity index (χ0) is 7.56. The van der Waals surface area contributed by atoms with Gasteiger partial charge in [-0.3, -0.25) is 0 Å². The largest absolute Gasteiger partial charge is 0.382 e. The molecule has 58 valence electrons. The molecular formula is C6H9FO3. The first kappa shape index (κ1) is 7.65. The maximum atomic E-state index is 12.3. The van der Waals surface area contributed by atoms with Crippen molar-refractivity contribution in [3.8, 4) is 0 Å². The van der Waals surface area contributed by atoms with Crippen molar-refractivity contribution >= 4 is 0 Å². The second-order valence-corrected chi connectivity index (χ2v) is 2.03. The van der Waals surface area contributed by atoms with Crippen LogP contribution >= 0.6 is 0 Å². The van der Waals surface area contributed by atoms with E-state index in [-0.39, 0.29) is 6.61 Å². The highest BCUT2D eigenvalue weighted by molar-refractivity contribution is 5.05. The van der Waals surface area contributed by atoms with Gasteiger partial charge in [0.15, 0.2) is 5.83 Å². The number of aliphatic hydroxyl groups excluding tert-OH is 1. The summed E-state index contributed by atoms with van der Waals surface area (Å²) in [5, 5.41) is 8.67. The lowest BCUT2D eigenvalue weighted by Crippen LogP contribution is -2.16. The van der Waals surface area contributed by atoms with Crippen molar-refractivity contribution < 1.29 is 19.0 Å². The fraction of sp³-hybridized carbons (Fsp3) is 0.667. The Morgan fingerprint density at radius 1 is 1.90 bits per heavy atom. The summed E-state index contributed by atoms with van der Waals surface area (Å²) >= 11 is 0. The van der Waals surface area contributed by atoms with Crippen molar-refractivity contribution in [2.45, 2.75) is 12.4 Å². The van der Waals surface area contributed by atoms with Gasteiger partial charge in [-0.15, -0.1) is 0 Å². The van der Waals surface area contributed by atoms with E-state index in [1.165, 1.54) is 13.2 Å². The fourth-order valence-electron chi connectivity index (χ4n) is 0.781. The highest BCUT2D eigenvalue weighted by Crippen LogP contribution is 2.18. The maximum Gasteiger partial charge on any atom is 0.208 e. The van der Waals surface area contributed by atoms with Crippen molar-refractivity contribution in [1.82, 2.24) is 0 Å². The molecule has 0 aromatic carbocycles. The lowest BCUT2D eigenvalue weighted by Gasteiger charge is -2.07. The molecule has 0 saturated carbocycles. The van der Waals surface area contributed by atoms with E-state index in [9.17, 15) is 4.39 Å². The normalized spacial score (nSPS) is 32.5. The topological polar surface area (TPSA) is 38.7 Å². The number of aliphatic hydroxyl groups is 1. The number of hydrogen-bond acceptors (Lipinski definition) is 3. The summed E-state index contributed by atoms with van der Waals surface area (Å²) in [6, 6.07) is 0. The van der Waals surface area contributed by atoms with E-state index in [0.29, 0.717) is 0 Å². The average molecular weight is 148 g/mol. The third-order valence-corrected chi connectivity index (χ3v) is 1.22. The van der Waals surface area contributed by atoms with Crippen LogP contribution in [0.5, 0.6) is 0 Å². The van der Waals surface area contributed by atoms with E-state index in [1.807, 2.05) is 0 Å². The monoisotopic (exact) mass is 148 g/mol.